The van der Waals surface area contributed by atoms with Gasteiger partial charge in [-0.15, -0.1) is 11.3 Å². The molecule has 1 aliphatic carbocycles. The molecule has 0 fully saturated rings. The van der Waals surface area contributed by atoms with Gasteiger partial charge in [0, 0.05) is 10.3 Å². The molecule has 0 saturated carbocycles. The van der Waals surface area contributed by atoms with Gasteiger partial charge >= 0.3 is 0 Å². The number of hydrogen-bond donors (Lipinski definition) is 2. The maximum atomic E-state index is 5.54. The fourth-order valence-corrected chi connectivity index (χ4v) is 3.54. The number of benzene rings is 1. The SMILES string of the molecule is NC(=S)Nc1csc2c1CCc1ccccc1-2. The van der Waals surface area contributed by atoms with E-state index in [1.54, 1.807) is 11.3 Å². The summed E-state index contributed by atoms with van der Waals surface area (Å²) in [5, 5.41) is 5.50. The van der Waals surface area contributed by atoms with Gasteiger partial charge in [0.25, 0.3) is 0 Å². The lowest BCUT2D eigenvalue weighted by Crippen LogP contribution is -2.19. The number of aryl methyl sites for hydroxylation is 1. The van der Waals surface area contributed by atoms with Crippen LogP contribution >= 0.6 is 23.6 Å². The molecule has 2 nitrogen and oxygen atoms in total. The predicted octanol–water partition coefficient (Wildman–Crippen LogP) is 3.17. The predicted molar refractivity (Wildman–Crippen MR) is 77.6 cm³/mol. The third kappa shape index (κ3) is 1.83. The van der Waals surface area contributed by atoms with E-state index in [0.717, 1.165) is 18.5 Å². The molecular formula is C13H12N2S2. The average molecular weight is 260 g/mol. The largest absolute Gasteiger partial charge is 0.376 e. The highest BCUT2D eigenvalue weighted by Gasteiger charge is 2.20. The van der Waals surface area contributed by atoms with Crippen LogP contribution < -0.4 is 11.1 Å². The van der Waals surface area contributed by atoms with E-state index in [1.165, 1.54) is 21.6 Å². The molecule has 1 heterocycles. The molecule has 0 radical (unpaired) electrons. The van der Waals surface area contributed by atoms with Crippen molar-refractivity contribution >= 4 is 34.4 Å². The maximum Gasteiger partial charge on any atom is 0.168 e. The van der Waals surface area contributed by atoms with Crippen LogP contribution in [0.25, 0.3) is 10.4 Å². The summed E-state index contributed by atoms with van der Waals surface area (Å²) in [7, 11) is 0. The van der Waals surface area contributed by atoms with Crippen molar-refractivity contribution in [1.82, 2.24) is 0 Å². The molecule has 1 aliphatic rings. The van der Waals surface area contributed by atoms with E-state index in [-0.39, 0.29) is 0 Å². The van der Waals surface area contributed by atoms with E-state index in [4.69, 9.17) is 18.0 Å². The summed E-state index contributed by atoms with van der Waals surface area (Å²) in [4.78, 5) is 1.35. The molecule has 0 spiro atoms. The molecular weight excluding hydrogens is 248 g/mol. The molecule has 0 atom stereocenters. The Bertz CT molecular complexity index is 587. The van der Waals surface area contributed by atoms with E-state index >= 15 is 0 Å². The minimum Gasteiger partial charge on any atom is -0.376 e. The molecule has 4 heteroatoms. The smallest absolute Gasteiger partial charge is 0.168 e. The second-order valence-electron chi connectivity index (χ2n) is 4.10. The van der Waals surface area contributed by atoms with Crippen molar-refractivity contribution < 1.29 is 0 Å². The van der Waals surface area contributed by atoms with E-state index in [9.17, 15) is 0 Å². The fourth-order valence-electron chi connectivity index (χ4n) is 2.31. The Labute approximate surface area is 109 Å². The lowest BCUT2D eigenvalue weighted by atomic mass is 9.91. The van der Waals surface area contributed by atoms with Crippen molar-refractivity contribution in [3.8, 4) is 10.4 Å². The lowest BCUT2D eigenvalue weighted by Gasteiger charge is -2.17. The summed E-state index contributed by atoms with van der Waals surface area (Å²) in [5.41, 5.74) is 10.8. The normalized spacial score (nSPS) is 12.7. The quantitative estimate of drug-likeness (QED) is 0.773. The Morgan fingerprint density at radius 1 is 1.29 bits per heavy atom. The zero-order valence-corrected chi connectivity index (χ0v) is 10.8. The number of anilines is 1. The van der Waals surface area contributed by atoms with Crippen molar-refractivity contribution in [3.05, 3.63) is 40.8 Å². The van der Waals surface area contributed by atoms with Gasteiger partial charge in [0.2, 0.25) is 0 Å². The van der Waals surface area contributed by atoms with Crippen molar-refractivity contribution in [2.75, 3.05) is 5.32 Å². The Balaban J connectivity index is 2.09. The van der Waals surface area contributed by atoms with Gasteiger partial charge in [-0.05, 0) is 41.7 Å². The van der Waals surface area contributed by atoms with Crippen LogP contribution in [0.2, 0.25) is 0 Å². The van der Waals surface area contributed by atoms with Crippen molar-refractivity contribution in [2.45, 2.75) is 12.8 Å². The minimum absolute atomic E-state index is 0.337. The monoisotopic (exact) mass is 260 g/mol. The van der Waals surface area contributed by atoms with Gasteiger partial charge in [-0.3, -0.25) is 0 Å². The van der Waals surface area contributed by atoms with Crippen LogP contribution in [0.5, 0.6) is 0 Å². The molecule has 86 valence electrons. The molecule has 3 rings (SSSR count). The third-order valence-electron chi connectivity index (χ3n) is 3.06. The first-order valence-corrected chi connectivity index (χ1v) is 6.79. The van der Waals surface area contributed by atoms with Gasteiger partial charge < -0.3 is 11.1 Å². The number of hydrogen-bond acceptors (Lipinski definition) is 2. The number of rotatable bonds is 1. The second-order valence-corrected chi connectivity index (χ2v) is 5.42. The molecule has 0 unspecified atom stereocenters. The number of thiocarbonyl (C=S) groups is 1. The first-order chi connectivity index (χ1) is 8.25. The van der Waals surface area contributed by atoms with Gasteiger partial charge in [0.05, 0.1) is 5.69 Å². The lowest BCUT2D eigenvalue weighted by molar-refractivity contribution is 0.952. The van der Waals surface area contributed by atoms with Crippen molar-refractivity contribution in [2.24, 2.45) is 5.73 Å². The number of nitrogens with one attached hydrogen (secondary N) is 1. The zero-order valence-electron chi connectivity index (χ0n) is 9.19. The van der Waals surface area contributed by atoms with Crippen LogP contribution in [0.15, 0.2) is 29.6 Å². The highest BCUT2D eigenvalue weighted by molar-refractivity contribution is 7.80. The molecule has 1 aromatic carbocycles. The Hall–Kier alpha value is -1.39. The van der Waals surface area contributed by atoms with E-state index < -0.39 is 0 Å². The highest BCUT2D eigenvalue weighted by Crippen LogP contribution is 2.41. The number of thiophene rings is 1. The molecule has 0 amide bonds. The summed E-state index contributed by atoms with van der Waals surface area (Å²) in [5.74, 6) is 0. The summed E-state index contributed by atoms with van der Waals surface area (Å²) >= 11 is 6.66. The number of fused-ring (bicyclic) bond motifs is 3. The summed E-state index contributed by atoms with van der Waals surface area (Å²) < 4.78 is 0. The third-order valence-corrected chi connectivity index (χ3v) is 4.22. The molecule has 17 heavy (non-hydrogen) atoms. The van der Waals surface area contributed by atoms with Crippen LogP contribution in [-0.2, 0) is 12.8 Å². The first kappa shape index (κ1) is 10.7. The Kier molecular flexibility index (Phi) is 2.61. The van der Waals surface area contributed by atoms with E-state index in [1.807, 2.05) is 0 Å². The second kappa shape index (κ2) is 4.13. The fraction of sp³-hybridized carbons (Fsp3) is 0.154. The van der Waals surface area contributed by atoms with Crippen LogP contribution in [0, 0.1) is 0 Å². The summed E-state index contributed by atoms with van der Waals surface area (Å²) in [6, 6.07) is 8.59. The van der Waals surface area contributed by atoms with Crippen molar-refractivity contribution in [3.63, 3.8) is 0 Å². The van der Waals surface area contributed by atoms with E-state index in [2.05, 4.69) is 35.0 Å². The molecule has 3 N–H and O–H groups in total. The molecule has 0 aliphatic heterocycles. The Morgan fingerprint density at radius 2 is 2.12 bits per heavy atom. The molecule has 0 saturated heterocycles. The van der Waals surface area contributed by atoms with Gasteiger partial charge in [0.15, 0.2) is 5.11 Å². The average Bonchev–Trinajstić information content (AvgIpc) is 2.72. The summed E-state index contributed by atoms with van der Waals surface area (Å²) in [6.45, 7) is 0. The molecule has 1 aromatic heterocycles. The zero-order chi connectivity index (χ0) is 11.8. The van der Waals surface area contributed by atoms with Crippen molar-refractivity contribution in [1.29, 1.82) is 0 Å². The van der Waals surface area contributed by atoms with Crippen LogP contribution in [0.4, 0.5) is 5.69 Å². The van der Waals surface area contributed by atoms with E-state index in [0.29, 0.717) is 5.11 Å². The Morgan fingerprint density at radius 3 is 2.94 bits per heavy atom. The van der Waals surface area contributed by atoms with Gasteiger partial charge in [-0.2, -0.15) is 0 Å². The topological polar surface area (TPSA) is 38.0 Å². The van der Waals surface area contributed by atoms with Gasteiger partial charge in [0.1, 0.15) is 0 Å². The minimum atomic E-state index is 0.337. The van der Waals surface area contributed by atoms with Crippen LogP contribution in [0.3, 0.4) is 0 Å². The first-order valence-electron chi connectivity index (χ1n) is 5.51. The standard InChI is InChI=1S/C13H12N2S2/c14-13(16)15-11-7-17-12-9-4-2-1-3-8(9)5-6-10(11)12/h1-4,7H,5-6H2,(H3,14,15,16). The highest BCUT2D eigenvalue weighted by atomic mass is 32.1. The summed E-state index contributed by atoms with van der Waals surface area (Å²) in [6.07, 6.45) is 2.15. The van der Waals surface area contributed by atoms with Gasteiger partial charge in [-0.25, -0.2) is 0 Å². The molecule has 2 aromatic rings. The van der Waals surface area contributed by atoms with Crippen LogP contribution in [-0.4, -0.2) is 5.11 Å². The maximum absolute atomic E-state index is 5.54. The number of nitrogens with two attached hydrogens (primary N) is 1. The van der Waals surface area contributed by atoms with Crippen LogP contribution in [0.1, 0.15) is 11.1 Å². The molecule has 0 bridgehead atoms. The van der Waals surface area contributed by atoms with Gasteiger partial charge in [-0.1, -0.05) is 24.3 Å².